The summed E-state index contributed by atoms with van der Waals surface area (Å²) >= 11 is 0. The van der Waals surface area contributed by atoms with E-state index in [1.54, 1.807) is 48.5 Å². The molecule has 0 atom stereocenters. The number of rotatable bonds is 3. The van der Waals surface area contributed by atoms with Gasteiger partial charge in [0.1, 0.15) is 11.2 Å². The lowest BCUT2D eigenvalue weighted by atomic mass is 9.81. The molecule has 1 heteroatoms. The van der Waals surface area contributed by atoms with Crippen molar-refractivity contribution >= 4 is 54.3 Å². The molecule has 43 heavy (non-hydrogen) atoms. The van der Waals surface area contributed by atoms with E-state index in [1.807, 2.05) is 0 Å². The van der Waals surface area contributed by atoms with E-state index in [1.165, 1.54) is 0 Å². The first kappa shape index (κ1) is 12.3. The predicted octanol–water partition coefficient (Wildman–Crippen LogP) is 12.0. The molecule has 0 aliphatic heterocycles. The molecule has 1 heterocycles. The van der Waals surface area contributed by atoms with Crippen LogP contribution in [0.4, 0.5) is 0 Å². The minimum atomic E-state index is -0.736. The maximum absolute atomic E-state index is 9.51. The number of furan rings is 1. The molecule has 0 N–H and O–H groups in total. The van der Waals surface area contributed by atoms with E-state index in [9.17, 15) is 4.11 Å². The summed E-state index contributed by atoms with van der Waals surface area (Å²) in [7, 11) is 0. The van der Waals surface area contributed by atoms with Crippen molar-refractivity contribution < 1.29 is 29.1 Å². The quantitative estimate of drug-likeness (QED) is 0.195. The molecule has 0 aliphatic rings. The van der Waals surface area contributed by atoms with Crippen molar-refractivity contribution in [3.63, 3.8) is 0 Å². The van der Waals surface area contributed by atoms with Crippen LogP contribution in [0.25, 0.3) is 87.6 Å². The summed E-state index contributed by atoms with van der Waals surface area (Å²) in [6.07, 6.45) is 0. The van der Waals surface area contributed by atoms with Crippen molar-refractivity contribution in [2.24, 2.45) is 0 Å². The second-order valence-corrected chi connectivity index (χ2v) is 9.85. The molecule has 0 saturated heterocycles. The smallest absolute Gasteiger partial charge is 0.136 e. The zero-order valence-electron chi connectivity index (χ0n) is 40.0. The van der Waals surface area contributed by atoms with Gasteiger partial charge in [0.15, 0.2) is 0 Å². The number of hydrogen-bond acceptors (Lipinski definition) is 1. The Bertz CT molecular complexity index is 3420. The highest BCUT2D eigenvalue weighted by atomic mass is 16.3. The lowest BCUT2D eigenvalue weighted by Gasteiger charge is -2.21. The van der Waals surface area contributed by atoms with Crippen molar-refractivity contribution in [3.8, 4) is 33.4 Å². The summed E-state index contributed by atoms with van der Waals surface area (Å²) < 4.78 is 165. The first-order valence-corrected chi connectivity index (χ1v) is 13.3. The van der Waals surface area contributed by atoms with Crippen LogP contribution in [0.5, 0.6) is 0 Å². The number of para-hydroxylation sites is 1. The lowest BCUT2D eigenvalue weighted by molar-refractivity contribution is 0.669. The number of hydrogen-bond donors (Lipinski definition) is 0. The number of benzene rings is 8. The molecule has 0 aliphatic carbocycles. The van der Waals surface area contributed by atoms with Crippen LogP contribution < -0.4 is 0 Å². The Morgan fingerprint density at radius 3 is 1.74 bits per heavy atom. The van der Waals surface area contributed by atoms with Gasteiger partial charge in [0, 0.05) is 16.3 Å². The first-order chi connectivity index (χ1) is 28.8. The molecule has 8 aromatic carbocycles. The molecule has 0 amide bonds. The molecular weight excluding hydrogens is 520 g/mol. The van der Waals surface area contributed by atoms with Crippen LogP contribution in [0, 0.1) is 0 Å². The summed E-state index contributed by atoms with van der Waals surface area (Å²) in [6, 6.07) is 1.87. The average molecular weight is 565 g/mol. The lowest BCUT2D eigenvalue weighted by Crippen LogP contribution is -1.94. The first-order valence-electron chi connectivity index (χ1n) is 22.3. The zero-order chi connectivity index (χ0) is 44.0. The van der Waals surface area contributed by atoms with Crippen molar-refractivity contribution in [2.75, 3.05) is 0 Å². The van der Waals surface area contributed by atoms with Gasteiger partial charge in [-0.05, 0) is 72.2 Å². The van der Waals surface area contributed by atoms with Crippen molar-refractivity contribution in [3.05, 3.63) is 157 Å². The van der Waals surface area contributed by atoms with E-state index < -0.39 is 114 Å². The molecule has 0 spiro atoms. The van der Waals surface area contributed by atoms with Gasteiger partial charge < -0.3 is 4.42 Å². The molecule has 1 nitrogen and oxygen atoms in total. The Hall–Kier alpha value is -5.66. The van der Waals surface area contributed by atoms with Crippen molar-refractivity contribution in [2.45, 2.75) is 0 Å². The van der Waals surface area contributed by atoms with Gasteiger partial charge in [-0.2, -0.15) is 0 Å². The second kappa shape index (κ2) is 9.44. The van der Waals surface area contributed by atoms with Crippen LogP contribution in [0.15, 0.2) is 162 Å². The monoisotopic (exact) mass is 564 g/mol. The van der Waals surface area contributed by atoms with Crippen LogP contribution >= 0.6 is 0 Å². The highest BCUT2D eigenvalue weighted by Crippen LogP contribution is 2.50. The average Bonchev–Trinajstić information content (AvgIpc) is 3.66. The Balaban J connectivity index is 1.62. The summed E-state index contributed by atoms with van der Waals surface area (Å²) in [5.41, 5.74) is -1.21. The van der Waals surface area contributed by atoms with E-state index in [2.05, 4.69) is 0 Å². The summed E-state index contributed by atoms with van der Waals surface area (Å²) in [4.78, 5) is 0. The van der Waals surface area contributed by atoms with E-state index >= 15 is 0 Å². The Kier molecular flexibility index (Phi) is 2.70. The van der Waals surface area contributed by atoms with Crippen LogP contribution in [-0.2, 0) is 0 Å². The minimum absolute atomic E-state index is 0.0715. The van der Waals surface area contributed by atoms with Gasteiger partial charge in [0.05, 0.1) is 24.7 Å². The second-order valence-electron chi connectivity index (χ2n) is 9.85. The molecule has 0 fully saturated rings. The highest BCUT2D eigenvalue weighted by molar-refractivity contribution is 6.28. The standard InChI is InChI=1S/C42H26O/c1-2-13-28(14-3-1)30-25-26-38-41(36-22-10-11-24-37(36)43-38)42(30)40-34-20-8-6-18-32(34)39(33-19-7-9-21-35(33)40)31-23-12-16-27-15-4-5-17-29(27)31/h1-26H/i1D,2D,3D,4D,5D,10D,11D,12D,13D,14D,15D,16D,17D,22D,23D,24D,25D,26D. The maximum Gasteiger partial charge on any atom is 0.136 e. The van der Waals surface area contributed by atoms with Gasteiger partial charge in [0.2, 0.25) is 0 Å². The van der Waals surface area contributed by atoms with Crippen LogP contribution in [0.1, 0.15) is 24.7 Å². The third-order valence-electron chi connectivity index (χ3n) is 7.63. The predicted molar refractivity (Wildman–Crippen MR) is 183 cm³/mol. The van der Waals surface area contributed by atoms with Gasteiger partial charge in [-0.3, -0.25) is 0 Å². The summed E-state index contributed by atoms with van der Waals surface area (Å²) in [5, 5.41) is 0.469. The summed E-state index contributed by atoms with van der Waals surface area (Å²) in [6.45, 7) is 0. The Labute approximate surface area is 274 Å². The van der Waals surface area contributed by atoms with Crippen molar-refractivity contribution in [1.82, 2.24) is 0 Å². The number of fused-ring (bicyclic) bond motifs is 6. The largest absolute Gasteiger partial charge is 0.456 e. The highest BCUT2D eigenvalue weighted by Gasteiger charge is 2.23. The normalized spacial score (nSPS) is 17.6. The molecule has 1 aromatic heterocycles. The van der Waals surface area contributed by atoms with E-state index in [4.69, 9.17) is 25.0 Å². The molecule has 0 bridgehead atoms. The van der Waals surface area contributed by atoms with Crippen LogP contribution in [0.3, 0.4) is 0 Å². The molecule has 9 aromatic rings. The topological polar surface area (TPSA) is 13.1 Å². The van der Waals surface area contributed by atoms with E-state index in [-0.39, 0.29) is 60.5 Å². The maximum atomic E-state index is 9.51. The van der Waals surface area contributed by atoms with E-state index in [0.29, 0.717) is 21.5 Å². The van der Waals surface area contributed by atoms with Gasteiger partial charge >= 0.3 is 0 Å². The van der Waals surface area contributed by atoms with Gasteiger partial charge in [-0.1, -0.05) is 145 Å². The van der Waals surface area contributed by atoms with Crippen molar-refractivity contribution in [1.29, 1.82) is 0 Å². The summed E-state index contributed by atoms with van der Waals surface area (Å²) in [5.74, 6) is 0. The molecule has 0 unspecified atom stereocenters. The Morgan fingerprint density at radius 1 is 0.395 bits per heavy atom. The SMILES string of the molecule is [2H]c1c([2H])c([2H])c(-c2c([2H])c([2H])c3oc4c([2H])c([2H])c([2H])c([2H])c4c3c2-c2c3ccccc3c(-c3c([2H])c([2H])c([2H])c4c([2H])c([2H])c([2H])c([2H])c34)c3ccccc23)c([2H])c1[2H]. The zero-order valence-corrected chi connectivity index (χ0v) is 22.0. The molecular formula is C42H26O. The van der Waals surface area contributed by atoms with Gasteiger partial charge in [-0.15, -0.1) is 0 Å². The molecule has 0 saturated carbocycles. The Morgan fingerprint density at radius 2 is 1.00 bits per heavy atom. The molecule has 0 radical (unpaired) electrons. The van der Waals surface area contributed by atoms with E-state index in [0.717, 1.165) is 0 Å². The van der Waals surface area contributed by atoms with Crippen LogP contribution in [0.2, 0.25) is 0 Å². The fourth-order valence-corrected chi connectivity index (χ4v) is 5.93. The third-order valence-corrected chi connectivity index (χ3v) is 7.63. The third kappa shape index (κ3) is 3.58. The van der Waals surface area contributed by atoms with Gasteiger partial charge in [0.25, 0.3) is 0 Å². The molecule has 200 valence electrons. The van der Waals surface area contributed by atoms with Crippen LogP contribution in [-0.4, -0.2) is 0 Å². The fraction of sp³-hybridized carbons (Fsp3) is 0. The molecule has 9 rings (SSSR count). The fourth-order valence-electron chi connectivity index (χ4n) is 5.93. The van der Waals surface area contributed by atoms with Gasteiger partial charge in [-0.25, -0.2) is 0 Å². The minimum Gasteiger partial charge on any atom is -0.456 e.